The molecule has 0 saturated heterocycles. The van der Waals surface area contributed by atoms with Gasteiger partial charge in [-0.3, -0.25) is 0 Å². The number of aryl methyl sites for hydroxylation is 2. The Hall–Kier alpha value is -4.18. The Labute approximate surface area is 191 Å². The zero-order valence-electron chi connectivity index (χ0n) is 18.6. The number of H-pyrrole nitrogens is 2. The Kier molecular flexibility index (Phi) is 4.58. The van der Waals surface area contributed by atoms with Crippen LogP contribution in [0.5, 0.6) is 11.7 Å². The van der Waals surface area contributed by atoms with Crippen molar-refractivity contribution in [2.75, 3.05) is 0 Å². The summed E-state index contributed by atoms with van der Waals surface area (Å²) in [6.07, 6.45) is 0. The number of para-hydroxylation sites is 3. The molecule has 0 amide bonds. The van der Waals surface area contributed by atoms with Gasteiger partial charge in [0.1, 0.15) is 11.5 Å². The van der Waals surface area contributed by atoms with Crippen LogP contribution >= 0.6 is 0 Å². The second kappa shape index (κ2) is 7.75. The fourth-order valence-electron chi connectivity index (χ4n) is 4.92. The van der Waals surface area contributed by atoms with Crippen molar-refractivity contribution >= 4 is 21.8 Å². The van der Waals surface area contributed by atoms with E-state index in [1.54, 1.807) is 0 Å². The average Bonchev–Trinajstić information content (AvgIpc) is 3.51. The molecule has 162 valence electrons. The molecule has 0 aliphatic heterocycles. The molecule has 0 radical (unpaired) electrons. The molecule has 3 heterocycles. The van der Waals surface area contributed by atoms with E-state index in [4.69, 9.17) is 9.15 Å². The number of rotatable bonds is 5. The Bertz CT molecular complexity index is 1490. The Morgan fingerprint density at radius 1 is 0.636 bits per heavy atom. The fourth-order valence-corrected chi connectivity index (χ4v) is 4.92. The van der Waals surface area contributed by atoms with Gasteiger partial charge in [0, 0.05) is 39.3 Å². The van der Waals surface area contributed by atoms with Gasteiger partial charge in [0.15, 0.2) is 0 Å². The third-order valence-electron chi connectivity index (χ3n) is 6.31. The summed E-state index contributed by atoms with van der Waals surface area (Å²) in [7, 11) is 0. The van der Waals surface area contributed by atoms with Gasteiger partial charge in [-0.15, -0.1) is 0 Å². The second-order valence-corrected chi connectivity index (χ2v) is 8.42. The van der Waals surface area contributed by atoms with E-state index in [-0.39, 0.29) is 5.92 Å². The molecule has 0 fully saturated rings. The van der Waals surface area contributed by atoms with Crippen molar-refractivity contribution in [3.05, 3.63) is 119 Å². The number of hydrogen-bond donors (Lipinski definition) is 2. The average molecular weight is 433 g/mol. The number of hydrogen-bond acceptors (Lipinski definition) is 2. The van der Waals surface area contributed by atoms with Crippen LogP contribution in [0.3, 0.4) is 0 Å². The smallest absolute Gasteiger partial charge is 0.290 e. The number of furan rings is 1. The molecule has 0 spiro atoms. The van der Waals surface area contributed by atoms with E-state index in [1.807, 2.05) is 42.5 Å². The first-order valence-electron chi connectivity index (χ1n) is 11.2. The van der Waals surface area contributed by atoms with Crippen LogP contribution in [0.4, 0.5) is 0 Å². The first-order valence-corrected chi connectivity index (χ1v) is 11.2. The van der Waals surface area contributed by atoms with E-state index in [2.05, 4.69) is 72.3 Å². The van der Waals surface area contributed by atoms with Crippen molar-refractivity contribution in [2.45, 2.75) is 19.8 Å². The van der Waals surface area contributed by atoms with Gasteiger partial charge in [-0.1, -0.05) is 54.6 Å². The Morgan fingerprint density at radius 3 is 1.79 bits per heavy atom. The van der Waals surface area contributed by atoms with Crippen molar-refractivity contribution in [1.82, 2.24) is 9.97 Å². The first-order chi connectivity index (χ1) is 16.2. The lowest BCUT2D eigenvalue weighted by atomic mass is 9.85. The SMILES string of the molecule is Cc1[nH]c2ccccc2c1C(c1ccc(Oc2ccccc2)o1)c1c(C)[nH]c2ccccc12. The maximum absolute atomic E-state index is 6.36. The first kappa shape index (κ1) is 19.5. The van der Waals surface area contributed by atoms with Crippen LogP contribution < -0.4 is 4.74 Å². The summed E-state index contributed by atoms with van der Waals surface area (Å²) in [5, 5.41) is 2.40. The zero-order chi connectivity index (χ0) is 22.4. The normalized spacial score (nSPS) is 11.6. The third kappa shape index (κ3) is 3.31. The fraction of sp³-hybridized carbons (Fsp3) is 0.103. The standard InChI is InChI=1S/C29H24N2O2/c1-18-27(21-12-6-8-14-23(21)30-18)29(28-19(2)31-24-15-9-7-13-22(24)28)25-16-17-26(33-25)32-20-10-4-3-5-11-20/h3-17,29-31H,1-2H3. The van der Waals surface area contributed by atoms with Crippen molar-refractivity contribution in [1.29, 1.82) is 0 Å². The molecule has 6 aromatic rings. The molecule has 2 N–H and O–H groups in total. The molecule has 0 aliphatic carbocycles. The molecule has 0 unspecified atom stereocenters. The van der Waals surface area contributed by atoms with Crippen molar-refractivity contribution in [3.8, 4) is 11.7 Å². The highest BCUT2D eigenvalue weighted by Crippen LogP contribution is 2.44. The molecule has 4 heteroatoms. The number of ether oxygens (including phenoxy) is 1. The molecule has 0 saturated carbocycles. The molecule has 0 atom stereocenters. The minimum Gasteiger partial charge on any atom is -0.429 e. The summed E-state index contributed by atoms with van der Waals surface area (Å²) < 4.78 is 12.4. The molecule has 3 aromatic heterocycles. The molecular formula is C29H24N2O2. The number of nitrogens with one attached hydrogen (secondary N) is 2. The summed E-state index contributed by atoms with van der Waals surface area (Å²) in [6.45, 7) is 4.27. The van der Waals surface area contributed by atoms with Crippen LogP contribution in [0, 0.1) is 13.8 Å². The van der Waals surface area contributed by atoms with Gasteiger partial charge in [0.2, 0.25) is 0 Å². The monoisotopic (exact) mass is 432 g/mol. The van der Waals surface area contributed by atoms with Gasteiger partial charge in [0.05, 0.1) is 5.92 Å². The van der Waals surface area contributed by atoms with Crippen LogP contribution in [0.25, 0.3) is 21.8 Å². The van der Waals surface area contributed by atoms with Gasteiger partial charge in [-0.05, 0) is 55.3 Å². The van der Waals surface area contributed by atoms with Crippen LogP contribution in [0.2, 0.25) is 0 Å². The minimum absolute atomic E-state index is 0.0922. The lowest BCUT2D eigenvalue weighted by molar-refractivity contribution is 0.331. The molecule has 0 bridgehead atoms. The Morgan fingerprint density at radius 2 is 1.18 bits per heavy atom. The van der Waals surface area contributed by atoms with E-state index < -0.39 is 0 Å². The van der Waals surface area contributed by atoms with Gasteiger partial charge in [-0.25, -0.2) is 0 Å². The summed E-state index contributed by atoms with van der Waals surface area (Å²) in [4.78, 5) is 7.14. The zero-order valence-corrected chi connectivity index (χ0v) is 18.6. The summed E-state index contributed by atoms with van der Waals surface area (Å²) >= 11 is 0. The van der Waals surface area contributed by atoms with Gasteiger partial charge >= 0.3 is 0 Å². The molecule has 33 heavy (non-hydrogen) atoms. The molecule has 6 rings (SSSR count). The second-order valence-electron chi connectivity index (χ2n) is 8.42. The highest BCUT2D eigenvalue weighted by atomic mass is 16.6. The maximum atomic E-state index is 6.36. The van der Waals surface area contributed by atoms with Crippen LogP contribution in [-0.2, 0) is 0 Å². The van der Waals surface area contributed by atoms with Crippen LogP contribution in [0.15, 0.2) is 95.4 Å². The highest BCUT2D eigenvalue weighted by Gasteiger charge is 2.29. The van der Waals surface area contributed by atoms with Crippen molar-refractivity contribution < 1.29 is 9.15 Å². The van der Waals surface area contributed by atoms with Crippen molar-refractivity contribution in [2.24, 2.45) is 0 Å². The van der Waals surface area contributed by atoms with E-state index in [1.165, 1.54) is 21.9 Å². The highest BCUT2D eigenvalue weighted by molar-refractivity contribution is 5.90. The molecule has 0 aliphatic rings. The largest absolute Gasteiger partial charge is 0.429 e. The third-order valence-corrected chi connectivity index (χ3v) is 6.31. The minimum atomic E-state index is -0.0922. The Balaban J connectivity index is 1.56. The van der Waals surface area contributed by atoms with Gasteiger partial charge < -0.3 is 19.1 Å². The van der Waals surface area contributed by atoms with Gasteiger partial charge in [-0.2, -0.15) is 0 Å². The summed E-state index contributed by atoms with van der Waals surface area (Å²) in [5.74, 6) is 1.99. The predicted molar refractivity (Wildman–Crippen MR) is 132 cm³/mol. The van der Waals surface area contributed by atoms with Crippen LogP contribution in [0.1, 0.15) is 34.2 Å². The summed E-state index contributed by atoms with van der Waals surface area (Å²) in [5.41, 5.74) is 6.96. The summed E-state index contributed by atoms with van der Waals surface area (Å²) in [6, 6.07) is 30.6. The topological polar surface area (TPSA) is 53.9 Å². The van der Waals surface area contributed by atoms with E-state index in [9.17, 15) is 0 Å². The van der Waals surface area contributed by atoms with Gasteiger partial charge in [0.25, 0.3) is 5.95 Å². The maximum Gasteiger partial charge on any atom is 0.290 e. The molecular weight excluding hydrogens is 408 g/mol. The number of fused-ring (bicyclic) bond motifs is 2. The number of aromatic amines is 2. The van der Waals surface area contributed by atoms with E-state index in [0.29, 0.717) is 5.95 Å². The lowest BCUT2D eigenvalue weighted by Gasteiger charge is -2.17. The molecule has 3 aromatic carbocycles. The predicted octanol–water partition coefficient (Wildman–Crippen LogP) is 7.83. The van der Waals surface area contributed by atoms with E-state index >= 15 is 0 Å². The number of benzene rings is 3. The lowest BCUT2D eigenvalue weighted by Crippen LogP contribution is -2.05. The van der Waals surface area contributed by atoms with Crippen molar-refractivity contribution in [3.63, 3.8) is 0 Å². The van der Waals surface area contributed by atoms with E-state index in [0.717, 1.165) is 33.9 Å². The number of aromatic nitrogens is 2. The molecule has 4 nitrogen and oxygen atoms in total. The van der Waals surface area contributed by atoms with Crippen LogP contribution in [-0.4, -0.2) is 9.97 Å². The quantitative estimate of drug-likeness (QED) is 0.292.